The van der Waals surface area contributed by atoms with Crippen molar-refractivity contribution in [2.75, 3.05) is 16.4 Å². The highest BCUT2D eigenvalue weighted by atomic mass is 35.5. The Labute approximate surface area is 188 Å². The minimum atomic E-state index is -0.601. The highest BCUT2D eigenvalue weighted by Gasteiger charge is 2.17. The number of carbonyl (C=O) groups is 1. The first-order chi connectivity index (χ1) is 15.4. The van der Waals surface area contributed by atoms with Crippen LogP contribution >= 0.6 is 11.6 Å². The normalized spacial score (nSPS) is 10.7. The van der Waals surface area contributed by atoms with Gasteiger partial charge in [0.25, 0.3) is 0 Å². The van der Waals surface area contributed by atoms with Crippen LogP contribution in [0.15, 0.2) is 60.9 Å². The molecule has 0 spiro atoms. The van der Waals surface area contributed by atoms with Crippen molar-refractivity contribution in [2.45, 2.75) is 13.5 Å². The molecule has 2 heterocycles. The quantitative estimate of drug-likeness (QED) is 0.393. The summed E-state index contributed by atoms with van der Waals surface area (Å²) in [6.45, 7) is 2.58. The summed E-state index contributed by atoms with van der Waals surface area (Å²) in [7, 11) is 0. The smallest absolute Gasteiger partial charge is 0.323 e. The van der Waals surface area contributed by atoms with Gasteiger partial charge in [-0.1, -0.05) is 23.7 Å². The lowest BCUT2D eigenvalue weighted by Gasteiger charge is -2.10. The fourth-order valence-corrected chi connectivity index (χ4v) is 3.32. The van der Waals surface area contributed by atoms with Gasteiger partial charge < -0.3 is 16.4 Å². The van der Waals surface area contributed by atoms with Crippen LogP contribution in [0.4, 0.5) is 26.5 Å². The van der Waals surface area contributed by atoms with E-state index in [1.807, 2.05) is 13.1 Å². The Balaban J connectivity index is 1.65. The third kappa shape index (κ3) is 4.68. The zero-order chi connectivity index (χ0) is 22.7. The number of nitrogen functional groups attached to an aromatic ring is 1. The third-order valence-corrected chi connectivity index (χ3v) is 4.85. The van der Waals surface area contributed by atoms with E-state index < -0.39 is 11.8 Å². The van der Waals surface area contributed by atoms with E-state index in [0.717, 1.165) is 0 Å². The fourth-order valence-electron chi connectivity index (χ4n) is 3.13. The summed E-state index contributed by atoms with van der Waals surface area (Å²) in [4.78, 5) is 20.5. The Bertz CT molecular complexity index is 1290. The predicted octanol–water partition coefficient (Wildman–Crippen LogP) is 5.05. The summed E-state index contributed by atoms with van der Waals surface area (Å²) in [5.41, 5.74) is 8.70. The van der Waals surface area contributed by atoms with Gasteiger partial charge in [-0.15, -0.1) is 0 Å². The average molecular weight is 452 g/mol. The maximum absolute atomic E-state index is 14.5. The Morgan fingerprint density at radius 1 is 1.19 bits per heavy atom. The molecule has 2 aromatic heterocycles. The third-order valence-electron chi connectivity index (χ3n) is 4.61. The van der Waals surface area contributed by atoms with Crippen LogP contribution in [-0.2, 0) is 6.54 Å². The summed E-state index contributed by atoms with van der Waals surface area (Å²) >= 11 is 5.93. The molecule has 4 N–H and O–H groups in total. The molecule has 0 aliphatic carbocycles. The standard InChI is InChI=1S/C22H19ClFN7O/c1-2-31-12-16(20(30-31)18-8-9-26-21(25)28-18)13-6-7-17(24)19(10-13)29-22(32)27-15-5-3-4-14(23)11-15/h3-12H,2H2,1H3,(H2,25,26,28)(H2,27,29,32). The lowest BCUT2D eigenvalue weighted by molar-refractivity contribution is 0.262. The Hall–Kier alpha value is -3.98. The molecule has 2 amide bonds. The number of benzene rings is 2. The number of hydrogen-bond acceptors (Lipinski definition) is 5. The van der Waals surface area contributed by atoms with Gasteiger partial charge in [-0.2, -0.15) is 5.10 Å². The van der Waals surface area contributed by atoms with Crippen LogP contribution in [0.2, 0.25) is 5.02 Å². The van der Waals surface area contributed by atoms with Crippen LogP contribution in [0, 0.1) is 5.82 Å². The lowest BCUT2D eigenvalue weighted by atomic mass is 10.0. The van der Waals surface area contributed by atoms with E-state index in [0.29, 0.717) is 39.8 Å². The zero-order valence-corrected chi connectivity index (χ0v) is 17.8. The second kappa shape index (κ2) is 9.03. The maximum atomic E-state index is 14.5. The van der Waals surface area contributed by atoms with Crippen LogP contribution in [-0.4, -0.2) is 25.8 Å². The van der Waals surface area contributed by atoms with Crippen molar-refractivity contribution in [1.82, 2.24) is 19.7 Å². The van der Waals surface area contributed by atoms with E-state index in [-0.39, 0.29) is 11.6 Å². The molecule has 2 aromatic carbocycles. The molecule has 0 aliphatic heterocycles. The first-order valence-corrected chi connectivity index (χ1v) is 10.1. The molecule has 0 radical (unpaired) electrons. The molecular formula is C22H19ClFN7O. The molecule has 8 nitrogen and oxygen atoms in total. The van der Waals surface area contributed by atoms with Gasteiger partial charge in [0, 0.05) is 35.2 Å². The second-order valence-corrected chi connectivity index (χ2v) is 7.27. The average Bonchev–Trinajstić information content (AvgIpc) is 3.20. The molecule has 32 heavy (non-hydrogen) atoms. The van der Waals surface area contributed by atoms with Crippen molar-refractivity contribution in [3.05, 3.63) is 71.8 Å². The van der Waals surface area contributed by atoms with Crippen LogP contribution in [0.5, 0.6) is 0 Å². The van der Waals surface area contributed by atoms with Crippen molar-refractivity contribution in [1.29, 1.82) is 0 Å². The highest BCUT2D eigenvalue weighted by molar-refractivity contribution is 6.30. The number of nitrogens with zero attached hydrogens (tertiary/aromatic N) is 4. The summed E-state index contributed by atoms with van der Waals surface area (Å²) in [6.07, 6.45) is 3.38. The van der Waals surface area contributed by atoms with Crippen LogP contribution in [0.3, 0.4) is 0 Å². The van der Waals surface area contributed by atoms with Gasteiger partial charge in [-0.25, -0.2) is 19.2 Å². The van der Waals surface area contributed by atoms with E-state index in [1.165, 1.54) is 12.1 Å². The van der Waals surface area contributed by atoms with Crippen molar-refractivity contribution in [2.24, 2.45) is 0 Å². The molecule has 0 unspecified atom stereocenters. The van der Waals surface area contributed by atoms with Crippen molar-refractivity contribution in [3.63, 3.8) is 0 Å². The maximum Gasteiger partial charge on any atom is 0.323 e. The number of amides is 2. The number of aryl methyl sites for hydroxylation is 1. The van der Waals surface area contributed by atoms with E-state index in [2.05, 4.69) is 25.7 Å². The number of nitrogens with two attached hydrogens (primary N) is 1. The Morgan fingerprint density at radius 3 is 2.78 bits per heavy atom. The zero-order valence-electron chi connectivity index (χ0n) is 17.0. The number of halogens is 2. The first kappa shape index (κ1) is 21.3. The number of urea groups is 1. The fraction of sp³-hybridized carbons (Fsp3) is 0.0909. The van der Waals surface area contributed by atoms with Gasteiger partial charge >= 0.3 is 6.03 Å². The Morgan fingerprint density at radius 2 is 2.03 bits per heavy atom. The molecule has 0 saturated heterocycles. The summed E-state index contributed by atoms with van der Waals surface area (Å²) < 4.78 is 16.2. The summed E-state index contributed by atoms with van der Waals surface area (Å²) in [5.74, 6) is -0.454. The van der Waals surface area contributed by atoms with Gasteiger partial charge in [-0.3, -0.25) is 4.68 Å². The van der Waals surface area contributed by atoms with Crippen molar-refractivity contribution in [3.8, 4) is 22.5 Å². The summed E-state index contributed by atoms with van der Waals surface area (Å²) in [5, 5.41) is 10.2. The van der Waals surface area contributed by atoms with Gasteiger partial charge in [0.15, 0.2) is 0 Å². The lowest BCUT2D eigenvalue weighted by Crippen LogP contribution is -2.20. The van der Waals surface area contributed by atoms with E-state index in [4.69, 9.17) is 17.3 Å². The number of anilines is 3. The minimum Gasteiger partial charge on any atom is -0.368 e. The molecule has 0 aliphatic rings. The van der Waals surface area contributed by atoms with Gasteiger partial charge in [0.05, 0.1) is 11.4 Å². The molecule has 0 atom stereocenters. The number of rotatable bonds is 5. The van der Waals surface area contributed by atoms with Crippen LogP contribution in [0.1, 0.15) is 6.92 Å². The van der Waals surface area contributed by atoms with Gasteiger partial charge in [-0.05, 0) is 48.9 Å². The first-order valence-electron chi connectivity index (χ1n) is 9.73. The van der Waals surface area contributed by atoms with Crippen molar-refractivity contribution < 1.29 is 9.18 Å². The topological polar surface area (TPSA) is 111 Å². The van der Waals surface area contributed by atoms with E-state index in [1.54, 1.807) is 47.3 Å². The van der Waals surface area contributed by atoms with Crippen molar-refractivity contribution >= 4 is 35.0 Å². The second-order valence-electron chi connectivity index (χ2n) is 6.83. The predicted molar refractivity (Wildman–Crippen MR) is 123 cm³/mol. The number of nitrogens with one attached hydrogen (secondary N) is 2. The SMILES string of the molecule is CCn1cc(-c2ccc(F)c(NC(=O)Nc3cccc(Cl)c3)c2)c(-c2ccnc(N)n2)n1. The largest absolute Gasteiger partial charge is 0.368 e. The highest BCUT2D eigenvalue weighted by Crippen LogP contribution is 2.32. The van der Waals surface area contributed by atoms with Crippen LogP contribution < -0.4 is 16.4 Å². The number of aromatic nitrogens is 4. The molecule has 4 aromatic rings. The molecule has 0 fully saturated rings. The molecule has 0 saturated carbocycles. The monoisotopic (exact) mass is 451 g/mol. The molecule has 162 valence electrons. The molecule has 4 rings (SSSR count). The van der Waals surface area contributed by atoms with E-state index >= 15 is 0 Å². The van der Waals surface area contributed by atoms with E-state index in [9.17, 15) is 9.18 Å². The Kier molecular flexibility index (Phi) is 6.00. The van der Waals surface area contributed by atoms with Gasteiger partial charge in [0.1, 0.15) is 11.5 Å². The molecular weight excluding hydrogens is 433 g/mol. The van der Waals surface area contributed by atoms with Gasteiger partial charge in [0.2, 0.25) is 5.95 Å². The molecule has 0 bridgehead atoms. The molecule has 10 heteroatoms. The minimum absolute atomic E-state index is 0.0134. The number of carbonyl (C=O) groups excluding carboxylic acids is 1. The summed E-state index contributed by atoms with van der Waals surface area (Å²) in [6, 6.07) is 12.2. The van der Waals surface area contributed by atoms with Crippen LogP contribution in [0.25, 0.3) is 22.5 Å². The number of hydrogen-bond donors (Lipinski definition) is 3.